The summed E-state index contributed by atoms with van der Waals surface area (Å²) in [5, 5.41) is 4.20. The Morgan fingerprint density at radius 2 is 2.42 bits per heavy atom. The van der Waals surface area contributed by atoms with Crippen molar-refractivity contribution in [2.45, 2.75) is 0 Å². The summed E-state index contributed by atoms with van der Waals surface area (Å²) >= 11 is 0. The Labute approximate surface area is 70.7 Å². The second-order valence-corrected chi connectivity index (χ2v) is 2.54. The lowest BCUT2D eigenvalue weighted by Gasteiger charge is -1.92. The van der Waals surface area contributed by atoms with Crippen LogP contribution >= 0.6 is 0 Å². The Morgan fingerprint density at radius 1 is 1.50 bits per heavy atom. The van der Waals surface area contributed by atoms with Gasteiger partial charge < -0.3 is 0 Å². The highest BCUT2D eigenvalue weighted by atomic mass is 15.2. The maximum Gasteiger partial charge on any atom is 0.102 e. The average Bonchev–Trinajstić information content (AvgIpc) is 2.54. The van der Waals surface area contributed by atoms with Gasteiger partial charge in [0.1, 0.15) is 5.69 Å². The number of pyridine rings is 1. The minimum absolute atomic E-state index is 0.839. The minimum atomic E-state index is 0.839. The topological polar surface area (TPSA) is 30.7 Å². The zero-order valence-corrected chi connectivity index (χ0v) is 6.73. The summed E-state index contributed by atoms with van der Waals surface area (Å²) in [5.74, 6) is 0. The molecule has 3 heteroatoms. The molecular formula is C9H8N3. The Hall–Kier alpha value is -1.64. The molecule has 2 rings (SSSR count). The fourth-order valence-electron chi connectivity index (χ4n) is 1.01. The fourth-order valence-corrected chi connectivity index (χ4v) is 1.01. The largest absolute Gasteiger partial charge is 0.275 e. The van der Waals surface area contributed by atoms with Crippen molar-refractivity contribution in [3.8, 4) is 11.3 Å². The molecule has 0 aliphatic rings. The average molecular weight is 158 g/mol. The van der Waals surface area contributed by atoms with Crippen LogP contribution < -0.4 is 0 Å². The predicted molar refractivity (Wildman–Crippen MR) is 45.3 cm³/mol. The van der Waals surface area contributed by atoms with E-state index in [1.807, 2.05) is 19.2 Å². The molecule has 12 heavy (non-hydrogen) atoms. The molecular weight excluding hydrogens is 150 g/mol. The summed E-state index contributed by atoms with van der Waals surface area (Å²) in [4.78, 5) is 4.00. The maximum absolute atomic E-state index is 4.20. The van der Waals surface area contributed by atoms with Crippen LogP contribution in [-0.2, 0) is 7.05 Å². The number of rotatable bonds is 1. The van der Waals surface area contributed by atoms with Gasteiger partial charge in [0.05, 0.1) is 0 Å². The van der Waals surface area contributed by atoms with Gasteiger partial charge >= 0.3 is 0 Å². The summed E-state index contributed by atoms with van der Waals surface area (Å²) in [6.07, 6.45) is 5.31. The van der Waals surface area contributed by atoms with Crippen LogP contribution in [-0.4, -0.2) is 14.8 Å². The lowest BCUT2D eigenvalue weighted by atomic mass is 10.2. The van der Waals surface area contributed by atoms with Crippen LogP contribution in [0.3, 0.4) is 0 Å². The molecule has 0 aliphatic carbocycles. The molecule has 0 atom stereocenters. The molecule has 0 aromatic carbocycles. The van der Waals surface area contributed by atoms with Gasteiger partial charge in [0.15, 0.2) is 0 Å². The lowest BCUT2D eigenvalue weighted by molar-refractivity contribution is 0.770. The normalized spacial score (nSPS) is 10.1. The van der Waals surface area contributed by atoms with E-state index in [1.165, 1.54) is 0 Å². The SMILES string of the molecule is Cn1c[c]c(-c2cccnc2)n1. The van der Waals surface area contributed by atoms with Gasteiger partial charge in [-0.1, -0.05) is 0 Å². The third kappa shape index (κ3) is 1.21. The predicted octanol–water partition coefficient (Wildman–Crippen LogP) is 1.28. The Balaban J connectivity index is 2.45. The van der Waals surface area contributed by atoms with Gasteiger partial charge in [-0.3, -0.25) is 9.67 Å². The summed E-state index contributed by atoms with van der Waals surface area (Å²) in [6, 6.07) is 6.88. The van der Waals surface area contributed by atoms with E-state index >= 15 is 0 Å². The van der Waals surface area contributed by atoms with Crippen LogP contribution in [0, 0.1) is 6.07 Å². The third-order valence-corrected chi connectivity index (χ3v) is 1.58. The van der Waals surface area contributed by atoms with E-state index in [-0.39, 0.29) is 0 Å². The standard InChI is InChI=1S/C9H8N3/c1-12-6-4-9(11-12)8-3-2-5-10-7-8/h2-3,5-7H,1H3. The second kappa shape index (κ2) is 2.77. The van der Waals surface area contributed by atoms with Crippen molar-refractivity contribution in [2.75, 3.05) is 0 Å². The number of hydrogen-bond donors (Lipinski definition) is 0. The molecule has 3 nitrogen and oxygen atoms in total. The van der Waals surface area contributed by atoms with E-state index in [0.717, 1.165) is 11.3 Å². The highest BCUT2D eigenvalue weighted by Gasteiger charge is 1.99. The smallest absolute Gasteiger partial charge is 0.102 e. The van der Waals surface area contributed by atoms with E-state index < -0.39 is 0 Å². The van der Waals surface area contributed by atoms with Crippen molar-refractivity contribution in [1.29, 1.82) is 0 Å². The molecule has 0 bridgehead atoms. The molecule has 0 amide bonds. The van der Waals surface area contributed by atoms with E-state index in [2.05, 4.69) is 16.1 Å². The molecule has 2 aromatic rings. The summed E-state index contributed by atoms with van der Waals surface area (Å²) in [5.41, 5.74) is 1.84. The monoisotopic (exact) mass is 158 g/mol. The van der Waals surface area contributed by atoms with Gasteiger partial charge in [0, 0.05) is 37.3 Å². The van der Waals surface area contributed by atoms with Crippen molar-refractivity contribution in [3.63, 3.8) is 0 Å². The fraction of sp³-hybridized carbons (Fsp3) is 0.111. The number of aryl methyl sites for hydroxylation is 1. The van der Waals surface area contributed by atoms with Crippen molar-refractivity contribution >= 4 is 0 Å². The first-order chi connectivity index (χ1) is 5.86. The first-order valence-corrected chi connectivity index (χ1v) is 3.68. The lowest BCUT2D eigenvalue weighted by Crippen LogP contribution is -1.87. The molecule has 59 valence electrons. The molecule has 0 unspecified atom stereocenters. The van der Waals surface area contributed by atoms with Crippen molar-refractivity contribution in [1.82, 2.24) is 14.8 Å². The van der Waals surface area contributed by atoms with Gasteiger partial charge in [-0.25, -0.2) is 0 Å². The highest BCUT2D eigenvalue weighted by molar-refractivity contribution is 5.55. The van der Waals surface area contributed by atoms with Crippen molar-refractivity contribution in [3.05, 3.63) is 36.8 Å². The van der Waals surface area contributed by atoms with Crippen molar-refractivity contribution in [2.24, 2.45) is 7.05 Å². The van der Waals surface area contributed by atoms with E-state index in [0.29, 0.717) is 0 Å². The van der Waals surface area contributed by atoms with Gasteiger partial charge in [0.2, 0.25) is 0 Å². The highest BCUT2D eigenvalue weighted by Crippen LogP contribution is 2.12. The molecule has 1 radical (unpaired) electrons. The van der Waals surface area contributed by atoms with Crippen LogP contribution in [0.5, 0.6) is 0 Å². The van der Waals surface area contributed by atoms with E-state index in [1.54, 1.807) is 23.3 Å². The quantitative estimate of drug-likeness (QED) is 0.626. The van der Waals surface area contributed by atoms with Crippen LogP contribution in [0.2, 0.25) is 0 Å². The van der Waals surface area contributed by atoms with Gasteiger partial charge in [-0.15, -0.1) is 0 Å². The Morgan fingerprint density at radius 3 is 3.00 bits per heavy atom. The van der Waals surface area contributed by atoms with E-state index in [9.17, 15) is 0 Å². The molecule has 0 spiro atoms. The molecule has 0 N–H and O–H groups in total. The Bertz CT molecular complexity index is 364. The summed E-state index contributed by atoms with van der Waals surface area (Å²) < 4.78 is 1.72. The second-order valence-electron chi connectivity index (χ2n) is 2.54. The summed E-state index contributed by atoms with van der Waals surface area (Å²) in [6.45, 7) is 0. The zero-order valence-electron chi connectivity index (χ0n) is 6.73. The van der Waals surface area contributed by atoms with Gasteiger partial charge in [0.25, 0.3) is 0 Å². The number of nitrogens with zero attached hydrogens (tertiary/aromatic N) is 3. The molecule has 0 saturated carbocycles. The van der Waals surface area contributed by atoms with Crippen LogP contribution in [0.1, 0.15) is 0 Å². The summed E-state index contributed by atoms with van der Waals surface area (Å²) in [7, 11) is 1.87. The van der Waals surface area contributed by atoms with Crippen LogP contribution in [0.25, 0.3) is 11.3 Å². The van der Waals surface area contributed by atoms with Gasteiger partial charge in [-0.05, 0) is 12.1 Å². The molecule has 2 aromatic heterocycles. The van der Waals surface area contributed by atoms with Crippen LogP contribution in [0.4, 0.5) is 0 Å². The van der Waals surface area contributed by atoms with Gasteiger partial charge in [-0.2, -0.15) is 5.10 Å². The van der Waals surface area contributed by atoms with Crippen molar-refractivity contribution < 1.29 is 0 Å². The van der Waals surface area contributed by atoms with Crippen LogP contribution in [0.15, 0.2) is 30.7 Å². The number of aromatic nitrogens is 3. The number of hydrogen-bond acceptors (Lipinski definition) is 2. The molecule has 0 saturated heterocycles. The zero-order chi connectivity index (χ0) is 8.39. The molecule has 0 aliphatic heterocycles. The third-order valence-electron chi connectivity index (χ3n) is 1.58. The Kier molecular flexibility index (Phi) is 1.63. The molecule has 0 fully saturated rings. The molecule has 2 heterocycles. The first kappa shape index (κ1) is 7.03. The first-order valence-electron chi connectivity index (χ1n) is 3.68. The minimum Gasteiger partial charge on any atom is -0.275 e. The van der Waals surface area contributed by atoms with E-state index in [4.69, 9.17) is 0 Å². The maximum atomic E-state index is 4.20.